The van der Waals surface area contributed by atoms with Gasteiger partial charge in [-0.3, -0.25) is 9.52 Å². The lowest BCUT2D eigenvalue weighted by Crippen LogP contribution is -2.28. The minimum atomic E-state index is -3.80. The molecular weight excluding hydrogens is 384 g/mol. The lowest BCUT2D eigenvalue weighted by molar-refractivity contribution is 0.0935. The van der Waals surface area contributed by atoms with Crippen molar-refractivity contribution in [3.05, 3.63) is 95.6 Å². The molecule has 0 aliphatic carbocycles. The van der Waals surface area contributed by atoms with Crippen LogP contribution in [0.3, 0.4) is 0 Å². The summed E-state index contributed by atoms with van der Waals surface area (Å²) in [6.07, 6.45) is 0.725. The zero-order valence-electron chi connectivity index (χ0n) is 16.4. The maximum absolute atomic E-state index is 12.7. The summed E-state index contributed by atoms with van der Waals surface area (Å²) in [7, 11) is -3.80. The van der Waals surface area contributed by atoms with Gasteiger partial charge in [-0.1, -0.05) is 61.0 Å². The van der Waals surface area contributed by atoms with Gasteiger partial charge < -0.3 is 5.32 Å². The van der Waals surface area contributed by atoms with Gasteiger partial charge in [0.1, 0.15) is 0 Å². The van der Waals surface area contributed by atoms with Crippen LogP contribution in [-0.2, 0) is 10.0 Å². The summed E-state index contributed by atoms with van der Waals surface area (Å²) in [6.45, 7) is 3.92. The Morgan fingerprint density at radius 3 is 2.28 bits per heavy atom. The third-order valence-electron chi connectivity index (χ3n) is 4.63. The molecule has 0 fully saturated rings. The monoisotopic (exact) mass is 408 g/mol. The van der Waals surface area contributed by atoms with Crippen molar-refractivity contribution >= 4 is 21.6 Å². The molecule has 0 heterocycles. The number of hydrogen-bond acceptors (Lipinski definition) is 3. The molecule has 0 aromatic heterocycles. The highest BCUT2D eigenvalue weighted by Gasteiger charge is 2.18. The summed E-state index contributed by atoms with van der Waals surface area (Å²) >= 11 is 0. The third kappa shape index (κ3) is 5.23. The first-order chi connectivity index (χ1) is 13.9. The van der Waals surface area contributed by atoms with Crippen LogP contribution in [0.25, 0.3) is 0 Å². The van der Waals surface area contributed by atoms with Crippen molar-refractivity contribution in [1.82, 2.24) is 5.32 Å². The Morgan fingerprint density at radius 2 is 1.62 bits per heavy atom. The fraction of sp³-hybridized carbons (Fsp3) is 0.174. The Morgan fingerprint density at radius 1 is 0.931 bits per heavy atom. The first-order valence-corrected chi connectivity index (χ1v) is 10.9. The Labute approximate surface area is 171 Å². The Kier molecular flexibility index (Phi) is 6.34. The van der Waals surface area contributed by atoms with Crippen LogP contribution in [0, 0.1) is 6.92 Å². The van der Waals surface area contributed by atoms with Gasteiger partial charge in [-0.15, -0.1) is 0 Å². The largest absolute Gasteiger partial charge is 0.345 e. The van der Waals surface area contributed by atoms with Crippen LogP contribution in [0.15, 0.2) is 83.8 Å². The van der Waals surface area contributed by atoms with E-state index in [9.17, 15) is 13.2 Å². The van der Waals surface area contributed by atoms with Crippen LogP contribution in [0.4, 0.5) is 5.69 Å². The standard InChI is InChI=1S/C23H24N2O3S/c1-3-22(18-8-5-4-6-9-18)24-23(26)19-10-7-11-21(16-19)29(27,28)25-20-14-12-17(2)13-15-20/h4-16,22,25H,3H2,1-2H3,(H,24,26)/t22-/m0/s1. The lowest BCUT2D eigenvalue weighted by Gasteiger charge is -2.18. The molecule has 150 valence electrons. The molecule has 0 saturated carbocycles. The summed E-state index contributed by atoms with van der Waals surface area (Å²) in [5, 5.41) is 2.98. The normalized spacial score (nSPS) is 12.2. The molecule has 0 aliphatic rings. The molecule has 0 unspecified atom stereocenters. The molecule has 2 N–H and O–H groups in total. The van der Waals surface area contributed by atoms with Crippen LogP contribution in [0.5, 0.6) is 0 Å². The number of anilines is 1. The van der Waals surface area contributed by atoms with E-state index in [2.05, 4.69) is 10.0 Å². The number of rotatable bonds is 7. The minimum absolute atomic E-state index is 0.0403. The summed E-state index contributed by atoms with van der Waals surface area (Å²) in [5.74, 6) is -0.312. The van der Waals surface area contributed by atoms with Crippen LogP contribution in [0.2, 0.25) is 0 Å². The number of nitrogens with one attached hydrogen (secondary N) is 2. The SMILES string of the molecule is CC[C@H](NC(=O)c1cccc(S(=O)(=O)Nc2ccc(C)cc2)c1)c1ccccc1. The van der Waals surface area contributed by atoms with E-state index in [0.29, 0.717) is 11.3 Å². The molecule has 3 aromatic carbocycles. The molecule has 1 atom stereocenters. The number of carbonyl (C=O) groups excluding carboxylic acids is 1. The van der Waals surface area contributed by atoms with Gasteiger partial charge in [-0.2, -0.15) is 0 Å². The van der Waals surface area contributed by atoms with Crippen molar-refractivity contribution in [1.29, 1.82) is 0 Å². The number of amides is 1. The van der Waals surface area contributed by atoms with Gasteiger partial charge in [-0.25, -0.2) is 8.42 Å². The zero-order valence-corrected chi connectivity index (χ0v) is 17.2. The molecule has 0 radical (unpaired) electrons. The highest BCUT2D eigenvalue weighted by molar-refractivity contribution is 7.92. The number of benzene rings is 3. The molecule has 0 bridgehead atoms. The fourth-order valence-electron chi connectivity index (χ4n) is 2.99. The molecule has 29 heavy (non-hydrogen) atoms. The van der Waals surface area contributed by atoms with Gasteiger partial charge in [0.15, 0.2) is 0 Å². The van der Waals surface area contributed by atoms with Crippen molar-refractivity contribution < 1.29 is 13.2 Å². The second-order valence-electron chi connectivity index (χ2n) is 6.84. The first-order valence-electron chi connectivity index (χ1n) is 9.44. The van der Waals surface area contributed by atoms with E-state index >= 15 is 0 Å². The smallest absolute Gasteiger partial charge is 0.261 e. The predicted octanol–water partition coefficient (Wildman–Crippen LogP) is 4.68. The summed E-state index contributed by atoms with van der Waals surface area (Å²) < 4.78 is 28.0. The van der Waals surface area contributed by atoms with Gasteiger partial charge in [0.25, 0.3) is 15.9 Å². The predicted molar refractivity (Wildman–Crippen MR) is 115 cm³/mol. The molecule has 6 heteroatoms. The average Bonchev–Trinajstić information content (AvgIpc) is 2.74. The quantitative estimate of drug-likeness (QED) is 0.596. The summed E-state index contributed by atoms with van der Waals surface area (Å²) in [5.41, 5.74) is 2.82. The van der Waals surface area contributed by atoms with Gasteiger partial charge >= 0.3 is 0 Å². The summed E-state index contributed by atoms with van der Waals surface area (Å²) in [6, 6.07) is 22.7. The van der Waals surface area contributed by atoms with E-state index in [1.807, 2.05) is 56.3 Å². The van der Waals surface area contributed by atoms with Gasteiger partial charge in [0.2, 0.25) is 0 Å². The van der Waals surface area contributed by atoms with Crippen LogP contribution < -0.4 is 10.0 Å². The van der Waals surface area contributed by atoms with Gasteiger partial charge in [0, 0.05) is 11.3 Å². The Bertz CT molecular complexity index is 1080. The molecular formula is C23H24N2O3S. The molecule has 0 spiro atoms. The van der Waals surface area contributed by atoms with Gasteiger partial charge in [0.05, 0.1) is 10.9 Å². The maximum atomic E-state index is 12.7. The topological polar surface area (TPSA) is 75.3 Å². The van der Waals surface area contributed by atoms with Crippen LogP contribution in [0.1, 0.15) is 40.9 Å². The number of carbonyl (C=O) groups is 1. The molecule has 0 aliphatic heterocycles. The van der Waals surface area contributed by atoms with Crippen molar-refractivity contribution in [2.24, 2.45) is 0 Å². The second kappa shape index (κ2) is 8.92. The van der Waals surface area contributed by atoms with Crippen molar-refractivity contribution in [3.8, 4) is 0 Å². The Balaban J connectivity index is 1.79. The van der Waals surface area contributed by atoms with E-state index in [0.717, 1.165) is 17.5 Å². The number of sulfonamides is 1. The second-order valence-corrected chi connectivity index (χ2v) is 8.53. The molecule has 3 rings (SSSR count). The molecule has 3 aromatic rings. The summed E-state index contributed by atoms with van der Waals surface area (Å²) in [4.78, 5) is 12.8. The highest BCUT2D eigenvalue weighted by Crippen LogP contribution is 2.20. The van der Waals surface area contributed by atoms with E-state index in [4.69, 9.17) is 0 Å². The fourth-order valence-corrected chi connectivity index (χ4v) is 4.09. The van der Waals surface area contributed by atoms with Crippen LogP contribution in [-0.4, -0.2) is 14.3 Å². The van der Waals surface area contributed by atoms with Crippen LogP contribution >= 0.6 is 0 Å². The third-order valence-corrected chi connectivity index (χ3v) is 6.00. The van der Waals surface area contributed by atoms with E-state index in [1.54, 1.807) is 24.3 Å². The number of aryl methyl sites for hydroxylation is 1. The maximum Gasteiger partial charge on any atom is 0.261 e. The Hall–Kier alpha value is -3.12. The molecule has 5 nitrogen and oxygen atoms in total. The highest BCUT2D eigenvalue weighted by atomic mass is 32.2. The minimum Gasteiger partial charge on any atom is -0.345 e. The van der Waals surface area contributed by atoms with Gasteiger partial charge in [-0.05, 0) is 49.2 Å². The zero-order chi connectivity index (χ0) is 20.9. The van der Waals surface area contributed by atoms with E-state index in [1.165, 1.54) is 12.1 Å². The molecule has 0 saturated heterocycles. The lowest BCUT2D eigenvalue weighted by atomic mass is 10.0. The average molecular weight is 409 g/mol. The van der Waals surface area contributed by atoms with E-state index in [-0.39, 0.29) is 16.8 Å². The van der Waals surface area contributed by atoms with Crippen molar-refractivity contribution in [3.63, 3.8) is 0 Å². The number of hydrogen-bond donors (Lipinski definition) is 2. The van der Waals surface area contributed by atoms with Crippen molar-refractivity contribution in [2.45, 2.75) is 31.2 Å². The van der Waals surface area contributed by atoms with Crippen molar-refractivity contribution in [2.75, 3.05) is 4.72 Å². The van der Waals surface area contributed by atoms with E-state index < -0.39 is 10.0 Å². The molecule has 1 amide bonds. The first kappa shape index (κ1) is 20.6.